The fourth-order valence-corrected chi connectivity index (χ4v) is 2.93. The van der Waals surface area contributed by atoms with Gasteiger partial charge in [0, 0.05) is 5.92 Å². The molecule has 1 aliphatic rings. The van der Waals surface area contributed by atoms with E-state index in [9.17, 15) is 0 Å². The summed E-state index contributed by atoms with van der Waals surface area (Å²) in [6, 6.07) is 0.207. The van der Waals surface area contributed by atoms with Gasteiger partial charge in [-0.2, -0.15) is 10.2 Å². The van der Waals surface area contributed by atoms with Crippen molar-refractivity contribution in [2.45, 2.75) is 45.1 Å². The van der Waals surface area contributed by atoms with E-state index in [1.165, 1.54) is 6.42 Å². The molecule has 0 aliphatic heterocycles. The lowest BCUT2D eigenvalue weighted by Gasteiger charge is -2.24. The van der Waals surface area contributed by atoms with Crippen molar-refractivity contribution in [3.8, 4) is 5.88 Å². The second-order valence-electron chi connectivity index (χ2n) is 6.42. The Balaban J connectivity index is 1.75. The minimum Gasteiger partial charge on any atom is -0.480 e. The fraction of sp³-hybridized carbons (Fsp3) is 0.500. The van der Waals surface area contributed by atoms with Gasteiger partial charge < -0.3 is 10.1 Å². The molecule has 4 rings (SSSR count). The molecule has 1 fully saturated rings. The van der Waals surface area contributed by atoms with Gasteiger partial charge in [0.05, 0.1) is 25.5 Å². The lowest BCUT2D eigenvalue weighted by atomic mass is 9.85. The van der Waals surface area contributed by atoms with Crippen LogP contribution >= 0.6 is 0 Å². The van der Waals surface area contributed by atoms with Crippen LogP contribution in [0.1, 0.15) is 50.9 Å². The van der Waals surface area contributed by atoms with E-state index in [1.807, 2.05) is 4.68 Å². The normalized spacial score (nSPS) is 15.0. The molecule has 0 spiro atoms. The Bertz CT molecular complexity index is 863. The van der Waals surface area contributed by atoms with Gasteiger partial charge in [-0.05, 0) is 26.7 Å². The SMILES string of the molecule is COc1c(Nc2nc(C3CCC3)nc3cn[nH]c23)cnn1C(C)C. The Morgan fingerprint density at radius 1 is 1.29 bits per heavy atom. The van der Waals surface area contributed by atoms with Crippen molar-refractivity contribution in [3.63, 3.8) is 0 Å². The zero-order chi connectivity index (χ0) is 16.7. The predicted octanol–water partition coefficient (Wildman–Crippen LogP) is 3.15. The zero-order valence-electron chi connectivity index (χ0n) is 14.1. The molecule has 0 saturated heterocycles. The molecule has 1 saturated carbocycles. The molecular formula is C16H21N7O. The minimum atomic E-state index is 0.207. The van der Waals surface area contributed by atoms with E-state index in [1.54, 1.807) is 19.5 Å². The molecule has 0 unspecified atom stereocenters. The summed E-state index contributed by atoms with van der Waals surface area (Å²) in [4.78, 5) is 9.37. The van der Waals surface area contributed by atoms with Crippen molar-refractivity contribution < 1.29 is 4.74 Å². The van der Waals surface area contributed by atoms with Crippen LogP contribution in [0, 0.1) is 0 Å². The Morgan fingerprint density at radius 3 is 2.79 bits per heavy atom. The maximum atomic E-state index is 5.52. The van der Waals surface area contributed by atoms with Crippen LogP contribution in [-0.4, -0.2) is 37.1 Å². The number of hydrogen-bond donors (Lipinski definition) is 2. The number of nitrogens with one attached hydrogen (secondary N) is 2. The molecular weight excluding hydrogens is 306 g/mol. The third-order valence-electron chi connectivity index (χ3n) is 4.47. The summed E-state index contributed by atoms with van der Waals surface area (Å²) >= 11 is 0. The molecule has 0 radical (unpaired) electrons. The third kappa shape index (κ3) is 2.38. The Morgan fingerprint density at radius 2 is 2.12 bits per heavy atom. The van der Waals surface area contributed by atoms with Crippen LogP contribution in [0.3, 0.4) is 0 Å². The second-order valence-corrected chi connectivity index (χ2v) is 6.42. The summed E-state index contributed by atoms with van der Waals surface area (Å²) in [6.45, 7) is 4.12. The second kappa shape index (κ2) is 5.77. The van der Waals surface area contributed by atoms with Gasteiger partial charge in [-0.25, -0.2) is 14.6 Å². The summed E-state index contributed by atoms with van der Waals surface area (Å²) in [5, 5.41) is 14.8. The molecule has 0 amide bonds. The molecule has 0 aromatic carbocycles. The molecule has 24 heavy (non-hydrogen) atoms. The molecule has 3 aromatic heterocycles. The number of H-pyrrole nitrogens is 1. The highest BCUT2D eigenvalue weighted by atomic mass is 16.5. The molecule has 0 atom stereocenters. The van der Waals surface area contributed by atoms with Gasteiger partial charge >= 0.3 is 0 Å². The first kappa shape index (κ1) is 14.9. The summed E-state index contributed by atoms with van der Waals surface area (Å²) < 4.78 is 7.36. The number of ether oxygens (including phenoxy) is 1. The van der Waals surface area contributed by atoms with E-state index < -0.39 is 0 Å². The van der Waals surface area contributed by atoms with Crippen LogP contribution in [0.2, 0.25) is 0 Å². The number of aromatic nitrogens is 6. The standard InChI is InChI=1S/C16H21N7O/c1-9(2)23-16(24-3)12(8-18-23)20-15-13-11(7-17-22-13)19-14(21-15)10-5-4-6-10/h7-10H,4-6H2,1-3H3,(H,17,22)(H,19,20,21). The van der Waals surface area contributed by atoms with Gasteiger partial charge in [0.2, 0.25) is 5.88 Å². The van der Waals surface area contributed by atoms with Crippen molar-refractivity contribution in [1.82, 2.24) is 29.9 Å². The number of hydrogen-bond acceptors (Lipinski definition) is 6. The number of aromatic amines is 1. The lowest BCUT2D eigenvalue weighted by molar-refractivity contribution is 0.347. The van der Waals surface area contributed by atoms with Crippen LogP contribution in [0.15, 0.2) is 12.4 Å². The van der Waals surface area contributed by atoms with Crippen LogP contribution in [0.25, 0.3) is 11.0 Å². The highest BCUT2D eigenvalue weighted by molar-refractivity contribution is 5.87. The van der Waals surface area contributed by atoms with Gasteiger partial charge in [0.15, 0.2) is 5.82 Å². The summed E-state index contributed by atoms with van der Waals surface area (Å²) in [5.41, 5.74) is 2.39. The van der Waals surface area contributed by atoms with E-state index in [2.05, 4.69) is 39.4 Å². The van der Waals surface area contributed by atoms with Gasteiger partial charge in [-0.3, -0.25) is 5.10 Å². The van der Waals surface area contributed by atoms with Gasteiger partial charge in [0.25, 0.3) is 0 Å². The quantitative estimate of drug-likeness (QED) is 0.747. The van der Waals surface area contributed by atoms with E-state index in [0.717, 1.165) is 35.4 Å². The number of anilines is 2. The topological polar surface area (TPSA) is 93.5 Å². The number of rotatable bonds is 5. The average molecular weight is 327 g/mol. The maximum Gasteiger partial charge on any atom is 0.236 e. The van der Waals surface area contributed by atoms with Gasteiger partial charge in [-0.15, -0.1) is 0 Å². The smallest absolute Gasteiger partial charge is 0.236 e. The van der Waals surface area contributed by atoms with Gasteiger partial charge in [-0.1, -0.05) is 6.42 Å². The largest absolute Gasteiger partial charge is 0.480 e. The van der Waals surface area contributed by atoms with E-state index >= 15 is 0 Å². The zero-order valence-corrected chi connectivity index (χ0v) is 14.1. The Hall–Kier alpha value is -2.64. The molecule has 3 aromatic rings. The van der Waals surface area contributed by atoms with Gasteiger partial charge in [0.1, 0.15) is 22.5 Å². The summed E-state index contributed by atoms with van der Waals surface area (Å²) in [6.07, 6.45) is 7.04. The van der Waals surface area contributed by atoms with E-state index in [0.29, 0.717) is 17.6 Å². The first-order valence-electron chi connectivity index (χ1n) is 8.27. The Labute approximate surface area is 139 Å². The van der Waals surface area contributed by atoms with Crippen molar-refractivity contribution in [2.24, 2.45) is 0 Å². The highest BCUT2D eigenvalue weighted by Crippen LogP contribution is 2.37. The average Bonchev–Trinajstić information content (AvgIpc) is 3.11. The van der Waals surface area contributed by atoms with Crippen LogP contribution in [0.4, 0.5) is 11.5 Å². The van der Waals surface area contributed by atoms with E-state index in [4.69, 9.17) is 9.72 Å². The van der Waals surface area contributed by atoms with Crippen molar-refractivity contribution in [3.05, 3.63) is 18.2 Å². The van der Waals surface area contributed by atoms with Crippen molar-refractivity contribution in [1.29, 1.82) is 0 Å². The summed E-state index contributed by atoms with van der Waals surface area (Å²) in [5.74, 6) is 2.72. The number of nitrogens with zero attached hydrogens (tertiary/aromatic N) is 5. The first-order chi connectivity index (χ1) is 11.7. The lowest BCUT2D eigenvalue weighted by Crippen LogP contribution is -2.13. The Kier molecular flexibility index (Phi) is 3.59. The number of fused-ring (bicyclic) bond motifs is 1. The molecule has 0 bridgehead atoms. The maximum absolute atomic E-state index is 5.52. The monoisotopic (exact) mass is 327 g/mol. The molecule has 3 heterocycles. The first-order valence-corrected chi connectivity index (χ1v) is 8.27. The minimum absolute atomic E-state index is 0.207. The van der Waals surface area contributed by atoms with Crippen molar-refractivity contribution in [2.75, 3.05) is 12.4 Å². The third-order valence-corrected chi connectivity index (χ3v) is 4.47. The molecule has 126 valence electrons. The van der Waals surface area contributed by atoms with Crippen LogP contribution in [0.5, 0.6) is 5.88 Å². The molecule has 8 nitrogen and oxygen atoms in total. The van der Waals surface area contributed by atoms with E-state index in [-0.39, 0.29) is 6.04 Å². The van der Waals surface area contributed by atoms with Crippen LogP contribution < -0.4 is 10.1 Å². The predicted molar refractivity (Wildman–Crippen MR) is 90.7 cm³/mol. The molecule has 8 heteroatoms. The molecule has 2 N–H and O–H groups in total. The fourth-order valence-electron chi connectivity index (χ4n) is 2.93. The molecule has 1 aliphatic carbocycles. The number of methoxy groups -OCH3 is 1. The summed E-state index contributed by atoms with van der Waals surface area (Å²) in [7, 11) is 1.65. The van der Waals surface area contributed by atoms with Crippen LogP contribution in [-0.2, 0) is 0 Å². The van der Waals surface area contributed by atoms with Crippen molar-refractivity contribution >= 4 is 22.5 Å². The highest BCUT2D eigenvalue weighted by Gasteiger charge is 2.24.